The van der Waals surface area contributed by atoms with Gasteiger partial charge in [-0.15, -0.1) is 0 Å². The Kier molecular flexibility index (Phi) is 4.47. The fourth-order valence-electron chi connectivity index (χ4n) is 4.18. The molecule has 2 atom stereocenters. The molecule has 4 nitrogen and oxygen atoms in total. The summed E-state index contributed by atoms with van der Waals surface area (Å²) in [6.45, 7) is 2.06. The fourth-order valence-corrected chi connectivity index (χ4v) is 4.18. The lowest BCUT2D eigenvalue weighted by atomic mass is 9.68. The van der Waals surface area contributed by atoms with Gasteiger partial charge in [0.1, 0.15) is 5.41 Å². The van der Waals surface area contributed by atoms with Crippen molar-refractivity contribution in [2.45, 2.75) is 24.9 Å². The molecule has 4 rings (SSSR count). The maximum absolute atomic E-state index is 13.4. The molecule has 3 aromatic rings. The second-order valence-electron chi connectivity index (χ2n) is 7.28. The van der Waals surface area contributed by atoms with Crippen LogP contribution in [0.1, 0.15) is 40.0 Å². The molecule has 0 fully saturated rings. The Hall–Kier alpha value is -3.40. The van der Waals surface area contributed by atoms with Crippen LogP contribution in [-0.4, -0.2) is 21.9 Å². The van der Waals surface area contributed by atoms with Crippen LogP contribution in [0, 0.1) is 0 Å². The summed E-state index contributed by atoms with van der Waals surface area (Å²) in [7, 11) is 0. The summed E-state index contributed by atoms with van der Waals surface area (Å²) in [5, 5.41) is 10.3. The number of rotatable bonds is 4. The molecule has 0 aliphatic carbocycles. The van der Waals surface area contributed by atoms with Gasteiger partial charge in [-0.2, -0.15) is 0 Å². The lowest BCUT2D eigenvalue weighted by Crippen LogP contribution is -2.53. The van der Waals surface area contributed by atoms with Crippen molar-refractivity contribution in [1.29, 1.82) is 0 Å². The molecule has 0 radical (unpaired) electrons. The Labute approximate surface area is 164 Å². The molecule has 0 saturated heterocycles. The standard InChI is InChI=1S/C24H21NO3/c1-24(23(27)28)20-15-9-8-14-19(20)22(26)25(16-17-10-4-2-5-11-17)21(24)18-12-6-3-7-13-18/h2-15,21H,16H2,1H3,(H,27,28)/t21-,24-/m1/s1. The highest BCUT2D eigenvalue weighted by molar-refractivity contribution is 6.01. The number of carbonyl (C=O) groups excluding carboxylic acids is 1. The molecule has 1 heterocycles. The Bertz CT molecular complexity index is 1020. The fraction of sp³-hybridized carbons (Fsp3) is 0.167. The number of aliphatic carboxylic acids is 1. The molecular weight excluding hydrogens is 350 g/mol. The average Bonchev–Trinajstić information content (AvgIpc) is 2.73. The van der Waals surface area contributed by atoms with Crippen molar-refractivity contribution in [1.82, 2.24) is 4.90 Å². The lowest BCUT2D eigenvalue weighted by molar-refractivity contribution is -0.146. The number of carboxylic acid groups (broad SMARTS) is 1. The molecule has 1 aliphatic heterocycles. The minimum atomic E-state index is -1.26. The highest BCUT2D eigenvalue weighted by Crippen LogP contribution is 2.47. The first-order valence-corrected chi connectivity index (χ1v) is 9.26. The van der Waals surface area contributed by atoms with Gasteiger partial charge >= 0.3 is 5.97 Å². The van der Waals surface area contributed by atoms with Crippen LogP contribution in [0.5, 0.6) is 0 Å². The van der Waals surface area contributed by atoms with Crippen molar-refractivity contribution in [3.63, 3.8) is 0 Å². The molecule has 1 N–H and O–H groups in total. The van der Waals surface area contributed by atoms with Gasteiger partial charge in [0.25, 0.3) is 5.91 Å². The van der Waals surface area contributed by atoms with E-state index in [0.29, 0.717) is 17.7 Å². The number of hydrogen-bond donors (Lipinski definition) is 1. The zero-order valence-corrected chi connectivity index (χ0v) is 15.6. The van der Waals surface area contributed by atoms with Crippen LogP contribution in [0.2, 0.25) is 0 Å². The summed E-state index contributed by atoms with van der Waals surface area (Å²) in [5.74, 6) is -1.09. The molecule has 0 bridgehead atoms. The van der Waals surface area contributed by atoms with Gasteiger partial charge in [0.05, 0.1) is 6.04 Å². The van der Waals surface area contributed by atoms with Gasteiger partial charge in [-0.05, 0) is 29.7 Å². The van der Waals surface area contributed by atoms with E-state index in [9.17, 15) is 14.7 Å². The summed E-state index contributed by atoms with van der Waals surface area (Å²) in [6, 6.07) is 25.5. The number of carboxylic acids is 1. The number of amides is 1. The lowest BCUT2D eigenvalue weighted by Gasteiger charge is -2.47. The summed E-state index contributed by atoms with van der Waals surface area (Å²) in [6.07, 6.45) is 0. The van der Waals surface area contributed by atoms with Crippen molar-refractivity contribution in [3.8, 4) is 0 Å². The predicted molar refractivity (Wildman–Crippen MR) is 107 cm³/mol. The monoisotopic (exact) mass is 371 g/mol. The predicted octanol–water partition coefficient (Wildman–Crippen LogP) is 4.43. The van der Waals surface area contributed by atoms with E-state index < -0.39 is 17.4 Å². The van der Waals surface area contributed by atoms with Crippen LogP contribution < -0.4 is 0 Å². The number of fused-ring (bicyclic) bond motifs is 1. The van der Waals surface area contributed by atoms with Gasteiger partial charge in [-0.1, -0.05) is 78.9 Å². The summed E-state index contributed by atoms with van der Waals surface area (Å²) >= 11 is 0. The minimum Gasteiger partial charge on any atom is -0.481 e. The van der Waals surface area contributed by atoms with Crippen molar-refractivity contribution in [3.05, 3.63) is 107 Å². The van der Waals surface area contributed by atoms with Crippen LogP contribution in [0.4, 0.5) is 0 Å². The maximum Gasteiger partial charge on any atom is 0.316 e. The smallest absolute Gasteiger partial charge is 0.316 e. The third-order valence-electron chi connectivity index (χ3n) is 5.59. The van der Waals surface area contributed by atoms with Crippen molar-refractivity contribution in [2.75, 3.05) is 0 Å². The highest BCUT2D eigenvalue weighted by atomic mass is 16.4. The summed E-state index contributed by atoms with van der Waals surface area (Å²) in [5.41, 5.74) is 1.52. The largest absolute Gasteiger partial charge is 0.481 e. The van der Waals surface area contributed by atoms with E-state index in [4.69, 9.17) is 0 Å². The third kappa shape index (κ3) is 2.78. The Balaban J connectivity index is 1.95. The van der Waals surface area contributed by atoms with Crippen molar-refractivity contribution in [2.24, 2.45) is 0 Å². The summed E-state index contributed by atoms with van der Waals surface area (Å²) < 4.78 is 0. The SMILES string of the molecule is C[C@@]1(C(=O)O)c2ccccc2C(=O)N(Cc2ccccc2)[C@@H]1c1ccccc1. The molecule has 4 heteroatoms. The molecule has 1 amide bonds. The molecule has 0 spiro atoms. The first-order valence-electron chi connectivity index (χ1n) is 9.26. The molecular formula is C24H21NO3. The third-order valence-corrected chi connectivity index (χ3v) is 5.59. The molecule has 0 aromatic heterocycles. The van der Waals surface area contributed by atoms with Crippen LogP contribution in [0.3, 0.4) is 0 Å². The van der Waals surface area contributed by atoms with Crippen LogP contribution in [-0.2, 0) is 16.8 Å². The Morgan fingerprint density at radius 1 is 0.929 bits per heavy atom. The van der Waals surface area contributed by atoms with Gasteiger partial charge in [-0.25, -0.2) is 0 Å². The maximum atomic E-state index is 13.4. The molecule has 28 heavy (non-hydrogen) atoms. The molecule has 3 aromatic carbocycles. The van der Waals surface area contributed by atoms with Gasteiger partial charge < -0.3 is 10.0 Å². The quantitative estimate of drug-likeness (QED) is 0.738. The molecule has 0 unspecified atom stereocenters. The molecule has 140 valence electrons. The van der Waals surface area contributed by atoms with E-state index in [1.165, 1.54) is 0 Å². The van der Waals surface area contributed by atoms with Gasteiger partial charge in [0, 0.05) is 12.1 Å². The van der Waals surface area contributed by atoms with Gasteiger partial charge in [0.15, 0.2) is 0 Å². The number of carbonyl (C=O) groups is 2. The van der Waals surface area contributed by atoms with Crippen LogP contribution >= 0.6 is 0 Å². The number of benzene rings is 3. The number of nitrogens with zero attached hydrogens (tertiary/aromatic N) is 1. The van der Waals surface area contributed by atoms with Crippen LogP contribution in [0.15, 0.2) is 84.9 Å². The zero-order chi connectivity index (χ0) is 19.7. The van der Waals surface area contributed by atoms with E-state index in [0.717, 1.165) is 11.1 Å². The Morgan fingerprint density at radius 2 is 1.50 bits per heavy atom. The van der Waals surface area contributed by atoms with Gasteiger partial charge in [0.2, 0.25) is 0 Å². The highest BCUT2D eigenvalue weighted by Gasteiger charge is 2.53. The first kappa shape index (κ1) is 18.0. The van der Waals surface area contributed by atoms with E-state index >= 15 is 0 Å². The van der Waals surface area contributed by atoms with Crippen molar-refractivity contribution < 1.29 is 14.7 Å². The minimum absolute atomic E-state index is 0.146. The normalized spacial score (nSPS) is 21.2. The average molecular weight is 371 g/mol. The van der Waals surface area contributed by atoms with E-state index in [1.54, 1.807) is 36.1 Å². The van der Waals surface area contributed by atoms with Crippen molar-refractivity contribution >= 4 is 11.9 Å². The van der Waals surface area contributed by atoms with Gasteiger partial charge in [-0.3, -0.25) is 9.59 Å². The number of hydrogen-bond acceptors (Lipinski definition) is 2. The Morgan fingerprint density at radius 3 is 2.14 bits per heavy atom. The zero-order valence-electron chi connectivity index (χ0n) is 15.6. The molecule has 0 saturated carbocycles. The van der Waals surface area contributed by atoms with E-state index in [2.05, 4.69) is 0 Å². The first-order chi connectivity index (χ1) is 13.5. The second-order valence-corrected chi connectivity index (χ2v) is 7.28. The van der Waals surface area contributed by atoms with Crippen LogP contribution in [0.25, 0.3) is 0 Å². The summed E-state index contributed by atoms with van der Waals surface area (Å²) in [4.78, 5) is 27.7. The topological polar surface area (TPSA) is 57.6 Å². The second kappa shape index (κ2) is 6.97. The van der Waals surface area contributed by atoms with E-state index in [-0.39, 0.29) is 5.91 Å². The molecule has 1 aliphatic rings. The van der Waals surface area contributed by atoms with E-state index in [1.807, 2.05) is 60.7 Å².